The van der Waals surface area contributed by atoms with Gasteiger partial charge in [0.25, 0.3) is 0 Å². The van der Waals surface area contributed by atoms with Crippen LogP contribution in [0.2, 0.25) is 0 Å². The number of aliphatic hydroxyl groups excluding tert-OH is 1. The first-order valence-corrected chi connectivity index (χ1v) is 9.41. The lowest BCUT2D eigenvalue weighted by molar-refractivity contribution is 0.121. The van der Waals surface area contributed by atoms with Gasteiger partial charge in [-0.05, 0) is 48.8 Å². The number of fused-ring (bicyclic) bond motifs is 2. The minimum Gasteiger partial charge on any atom is -0.396 e. The number of hydrogen-bond donors (Lipinski definition) is 2. The quantitative estimate of drug-likeness (QED) is 0.852. The second-order valence-corrected chi connectivity index (χ2v) is 7.95. The number of likely N-dealkylation sites (tertiary alicyclic amines) is 1. The highest BCUT2D eigenvalue weighted by Gasteiger charge is 2.39. The predicted octanol–water partition coefficient (Wildman–Crippen LogP) is 2.85. The van der Waals surface area contributed by atoms with Crippen molar-refractivity contribution in [2.45, 2.75) is 24.8 Å². The minimum atomic E-state index is 0.297. The molecule has 1 aliphatic heterocycles. The molecule has 3 nitrogen and oxygen atoms in total. The van der Waals surface area contributed by atoms with E-state index < -0.39 is 0 Å². The molecule has 1 aromatic carbocycles. The maximum atomic E-state index is 8.99. The fourth-order valence-corrected chi connectivity index (χ4v) is 5.36. The highest BCUT2D eigenvalue weighted by atomic mass is 32.2. The van der Waals surface area contributed by atoms with Gasteiger partial charge >= 0.3 is 0 Å². The second-order valence-electron chi connectivity index (χ2n) is 6.80. The van der Waals surface area contributed by atoms with Gasteiger partial charge in [-0.3, -0.25) is 0 Å². The molecule has 0 bridgehead atoms. The molecule has 2 N–H and O–H groups in total. The van der Waals surface area contributed by atoms with Crippen LogP contribution in [-0.4, -0.2) is 52.7 Å². The summed E-state index contributed by atoms with van der Waals surface area (Å²) < 4.78 is 0. The molecule has 2 aromatic rings. The summed E-state index contributed by atoms with van der Waals surface area (Å²) in [6.07, 6.45) is 4.67. The van der Waals surface area contributed by atoms with E-state index >= 15 is 0 Å². The normalized spacial score (nSPS) is 28.0. The van der Waals surface area contributed by atoms with Gasteiger partial charge in [-0.15, -0.1) is 0 Å². The molecule has 1 saturated heterocycles. The van der Waals surface area contributed by atoms with Crippen molar-refractivity contribution in [2.24, 2.45) is 5.92 Å². The van der Waals surface area contributed by atoms with Crippen LogP contribution in [0.15, 0.2) is 24.4 Å². The van der Waals surface area contributed by atoms with Crippen LogP contribution in [0.5, 0.6) is 0 Å². The molecule has 2 heterocycles. The number of benzene rings is 1. The zero-order valence-electron chi connectivity index (χ0n) is 13.1. The van der Waals surface area contributed by atoms with Crippen LogP contribution < -0.4 is 0 Å². The Balaban J connectivity index is 1.63. The van der Waals surface area contributed by atoms with Crippen molar-refractivity contribution in [3.63, 3.8) is 0 Å². The molecule has 4 rings (SSSR count). The average molecular weight is 316 g/mol. The van der Waals surface area contributed by atoms with Crippen LogP contribution in [0.4, 0.5) is 0 Å². The van der Waals surface area contributed by atoms with Crippen LogP contribution in [0, 0.1) is 5.92 Å². The number of likely N-dealkylation sites (N-methyl/N-ethyl adjacent to an activating group) is 1. The molecule has 1 aliphatic carbocycles. The summed E-state index contributed by atoms with van der Waals surface area (Å²) in [4.78, 5) is 6.02. The van der Waals surface area contributed by atoms with Crippen molar-refractivity contribution >= 4 is 22.7 Å². The second kappa shape index (κ2) is 5.91. The molecule has 2 aliphatic rings. The number of aliphatic hydroxyl groups is 1. The third-order valence-electron chi connectivity index (χ3n) is 5.40. The summed E-state index contributed by atoms with van der Waals surface area (Å²) in [6, 6.07) is 7.38. The third-order valence-corrected chi connectivity index (χ3v) is 6.58. The molecule has 0 amide bonds. The number of aromatic nitrogens is 1. The number of nitrogens with zero attached hydrogens (tertiary/aromatic N) is 1. The Hall–Kier alpha value is -0.970. The van der Waals surface area contributed by atoms with Gasteiger partial charge in [0.1, 0.15) is 0 Å². The van der Waals surface area contributed by atoms with Crippen molar-refractivity contribution in [2.75, 3.05) is 31.7 Å². The third kappa shape index (κ3) is 2.38. The van der Waals surface area contributed by atoms with Crippen molar-refractivity contribution in [3.05, 3.63) is 35.5 Å². The number of hydrogen-bond acceptors (Lipinski definition) is 3. The molecule has 4 heteroatoms. The van der Waals surface area contributed by atoms with Crippen LogP contribution in [0.1, 0.15) is 23.5 Å². The smallest absolute Gasteiger partial charge is 0.0521 e. The van der Waals surface area contributed by atoms with E-state index in [1.54, 1.807) is 5.56 Å². The molecular formula is C18H24N2OS. The van der Waals surface area contributed by atoms with Gasteiger partial charge in [-0.25, -0.2) is 0 Å². The molecule has 22 heavy (non-hydrogen) atoms. The van der Waals surface area contributed by atoms with Crippen molar-refractivity contribution < 1.29 is 5.11 Å². The average Bonchev–Trinajstić information content (AvgIpc) is 2.94. The van der Waals surface area contributed by atoms with Gasteiger partial charge in [0.2, 0.25) is 0 Å². The van der Waals surface area contributed by atoms with Gasteiger partial charge in [-0.2, -0.15) is 11.8 Å². The van der Waals surface area contributed by atoms with Gasteiger partial charge in [0.05, 0.1) is 6.61 Å². The molecular weight excluding hydrogens is 292 g/mol. The number of rotatable bonds is 4. The highest BCUT2D eigenvalue weighted by Crippen LogP contribution is 2.44. The van der Waals surface area contributed by atoms with Gasteiger partial charge in [0, 0.05) is 41.4 Å². The monoisotopic (exact) mass is 316 g/mol. The number of nitrogens with one attached hydrogen (secondary N) is 1. The largest absolute Gasteiger partial charge is 0.396 e. The summed E-state index contributed by atoms with van der Waals surface area (Å²) in [5, 5.41) is 10.5. The molecule has 0 saturated carbocycles. The summed E-state index contributed by atoms with van der Waals surface area (Å²) in [6.45, 7) is 1.49. The molecule has 1 fully saturated rings. The predicted molar refractivity (Wildman–Crippen MR) is 93.7 cm³/mol. The molecule has 0 spiro atoms. The number of thioether (sulfide) groups is 1. The Morgan fingerprint density at radius 3 is 3.18 bits per heavy atom. The first kappa shape index (κ1) is 14.6. The summed E-state index contributed by atoms with van der Waals surface area (Å²) in [5.41, 5.74) is 4.34. The summed E-state index contributed by atoms with van der Waals surface area (Å²) in [7, 11) is 2.29. The van der Waals surface area contributed by atoms with Crippen LogP contribution in [0.3, 0.4) is 0 Å². The van der Waals surface area contributed by atoms with Crippen LogP contribution >= 0.6 is 11.8 Å². The number of piperidine rings is 1. The van der Waals surface area contributed by atoms with Gasteiger partial charge in [-0.1, -0.05) is 12.1 Å². The van der Waals surface area contributed by atoms with Crippen LogP contribution in [0.25, 0.3) is 10.9 Å². The molecule has 3 atom stereocenters. The first-order chi connectivity index (χ1) is 10.8. The Bertz CT molecular complexity index is 668. The lowest BCUT2D eigenvalue weighted by atomic mass is 9.73. The van der Waals surface area contributed by atoms with E-state index in [0.717, 1.165) is 11.7 Å². The first-order valence-electron chi connectivity index (χ1n) is 8.25. The molecule has 0 radical (unpaired) electrons. The zero-order valence-corrected chi connectivity index (χ0v) is 13.9. The summed E-state index contributed by atoms with van der Waals surface area (Å²) in [5.74, 6) is 3.43. The lowest BCUT2D eigenvalue weighted by Gasteiger charge is -2.45. The number of H-pyrrole nitrogens is 1. The highest BCUT2D eigenvalue weighted by molar-refractivity contribution is 7.99. The molecule has 1 unspecified atom stereocenters. The van der Waals surface area contributed by atoms with Gasteiger partial charge < -0.3 is 15.0 Å². The summed E-state index contributed by atoms with van der Waals surface area (Å²) >= 11 is 1.90. The van der Waals surface area contributed by atoms with Crippen molar-refractivity contribution in [3.8, 4) is 0 Å². The maximum absolute atomic E-state index is 8.99. The maximum Gasteiger partial charge on any atom is 0.0521 e. The Morgan fingerprint density at radius 2 is 2.32 bits per heavy atom. The Labute approximate surface area is 136 Å². The fourth-order valence-electron chi connectivity index (χ4n) is 4.49. The fraction of sp³-hybridized carbons (Fsp3) is 0.556. The van der Waals surface area contributed by atoms with Crippen molar-refractivity contribution in [1.82, 2.24) is 9.88 Å². The van der Waals surface area contributed by atoms with E-state index in [0.29, 0.717) is 18.6 Å². The van der Waals surface area contributed by atoms with Gasteiger partial charge in [0.15, 0.2) is 0 Å². The van der Waals surface area contributed by atoms with Crippen molar-refractivity contribution in [1.29, 1.82) is 0 Å². The van der Waals surface area contributed by atoms with E-state index in [1.165, 1.54) is 41.6 Å². The lowest BCUT2D eigenvalue weighted by Crippen LogP contribution is -2.48. The van der Waals surface area contributed by atoms with E-state index in [-0.39, 0.29) is 0 Å². The number of aromatic amines is 1. The minimum absolute atomic E-state index is 0.297. The standard InChI is InChI=1S/C18H24N2OS/c1-20-10-12(11-22-6-5-21)7-15-14-3-2-4-16-18(14)13(9-19-16)8-17(15)20/h2-4,9,12,15,17,19,21H,5-8,10-11H2,1H3/t12?,15-,17-/m0/s1. The SMILES string of the molecule is CN1CC(CSCCO)C[C@H]2c3cccc4[nH]cc(c34)C[C@@H]21. The zero-order chi connectivity index (χ0) is 15.1. The van der Waals surface area contributed by atoms with E-state index in [1.807, 2.05) is 11.8 Å². The topological polar surface area (TPSA) is 39.3 Å². The Morgan fingerprint density at radius 1 is 1.41 bits per heavy atom. The van der Waals surface area contributed by atoms with Crippen LogP contribution in [-0.2, 0) is 6.42 Å². The Kier molecular flexibility index (Phi) is 3.93. The molecule has 1 aromatic heterocycles. The molecule has 118 valence electrons. The van der Waals surface area contributed by atoms with E-state index in [4.69, 9.17) is 5.11 Å². The van der Waals surface area contributed by atoms with E-state index in [2.05, 4.69) is 41.3 Å². The van der Waals surface area contributed by atoms with E-state index in [9.17, 15) is 0 Å².